The fourth-order valence-corrected chi connectivity index (χ4v) is 4.95. The maximum atomic E-state index is 11.8. The van der Waals surface area contributed by atoms with E-state index >= 15 is 0 Å². The Balaban J connectivity index is -0.000000235. The first-order chi connectivity index (χ1) is 29.7. The number of carbonyl (C=O) groups is 2. The second-order valence-electron chi connectivity index (χ2n) is 14.8. The molecule has 17 heteroatoms. The van der Waals surface area contributed by atoms with E-state index in [4.69, 9.17) is 32.6 Å². The Bertz CT molecular complexity index is 2050. The number of carbonyl (C=O) groups excluding carboxylic acids is 2. The van der Waals surface area contributed by atoms with Crippen molar-refractivity contribution in [1.29, 1.82) is 21.0 Å². The minimum atomic E-state index is -0.516. The van der Waals surface area contributed by atoms with Gasteiger partial charge in [0.25, 0.3) is 0 Å². The van der Waals surface area contributed by atoms with Crippen molar-refractivity contribution >= 4 is 192 Å². The summed E-state index contributed by atoms with van der Waals surface area (Å²) in [6, 6.07) is 43.1. The molecule has 0 spiro atoms. The van der Waals surface area contributed by atoms with Crippen molar-refractivity contribution in [3.63, 3.8) is 0 Å². The number of hydrogen-bond acceptors (Lipinski definition) is 6. The molecule has 5 rings (SSSR count). The number of benzene rings is 4. The number of Topliss-reactive ketones (excluding diaryl/α,β-unsaturated/α-hetero) is 2. The predicted octanol–water partition coefficient (Wildman–Crippen LogP) is 18.8. The van der Waals surface area contributed by atoms with Crippen LogP contribution in [0.2, 0.25) is 0 Å². The molecule has 0 saturated heterocycles. The van der Waals surface area contributed by atoms with Gasteiger partial charge in [-0.2, -0.15) is 21.0 Å². The number of ketones is 2. The first kappa shape index (κ1) is 76.4. The van der Waals surface area contributed by atoms with Crippen LogP contribution < -0.4 is 0 Å². The third-order valence-corrected chi connectivity index (χ3v) is 9.03. The van der Waals surface area contributed by atoms with Gasteiger partial charge in [-0.25, -0.2) is 0 Å². The van der Waals surface area contributed by atoms with Crippen molar-refractivity contribution in [1.82, 2.24) is 0 Å². The van der Waals surface area contributed by atoms with Gasteiger partial charge in [-0.1, -0.05) is 154 Å². The van der Waals surface area contributed by atoms with Gasteiger partial charge in [-0.15, -0.1) is 35.6 Å². The molecule has 1 aliphatic carbocycles. The van der Waals surface area contributed by atoms with E-state index in [0.29, 0.717) is 40.2 Å². The molecule has 4 aromatic carbocycles. The van der Waals surface area contributed by atoms with E-state index in [1.807, 2.05) is 139 Å². The molecule has 1 fully saturated rings. The monoisotopic (exact) mass is 1890 g/mol. The molecule has 0 amide bonds. The molecule has 0 aromatic heterocycles. The summed E-state index contributed by atoms with van der Waals surface area (Å²) in [5.74, 6) is 1.12. The van der Waals surface area contributed by atoms with Crippen LogP contribution in [-0.2, 0) is 37.1 Å². The fourth-order valence-electron chi connectivity index (χ4n) is 4.81. The van der Waals surface area contributed by atoms with Crippen LogP contribution in [-0.4, -0.2) is 19.9 Å². The molecule has 1 aliphatic rings. The molecule has 1 saturated carbocycles. The second kappa shape index (κ2) is 45.1. The van der Waals surface area contributed by atoms with Gasteiger partial charge in [0.1, 0.15) is 0 Å². The molecule has 0 atom stereocenters. The van der Waals surface area contributed by atoms with Gasteiger partial charge < -0.3 is 14.9 Å². The zero-order chi connectivity index (χ0) is 48.5. The van der Waals surface area contributed by atoms with Crippen molar-refractivity contribution in [2.45, 2.75) is 89.9 Å². The summed E-state index contributed by atoms with van der Waals surface area (Å²) in [5.41, 5.74) is 4.14. The van der Waals surface area contributed by atoms with E-state index in [1.54, 1.807) is 12.1 Å². The Hall–Kier alpha value is 1.48. The number of nitriles is 4. The quantitative estimate of drug-likeness (QED) is 0.0673. The Morgan fingerprint density at radius 3 is 1.27 bits per heavy atom. The summed E-state index contributed by atoms with van der Waals surface area (Å²) in [4.78, 5) is 23.2. The van der Waals surface area contributed by atoms with Crippen LogP contribution in [0.4, 0.5) is 0 Å². The average molecular weight is 1890 g/mol. The van der Waals surface area contributed by atoms with Crippen LogP contribution in [0.1, 0.15) is 110 Å². The normalized spacial score (nSPS) is 10.5. The van der Waals surface area contributed by atoms with Gasteiger partial charge in [0.05, 0.1) is 49.4 Å². The van der Waals surface area contributed by atoms with Crippen molar-refractivity contribution in [2.75, 3.05) is 8.31 Å². The fraction of sp³-hybridized carbons (Fsp3) is 0.347. The van der Waals surface area contributed by atoms with Gasteiger partial charge in [0.2, 0.25) is 0 Å². The first-order valence-electron chi connectivity index (χ1n) is 19.1. The Morgan fingerprint density at radius 1 is 0.652 bits per heavy atom. The first-order valence-corrected chi connectivity index (χ1v) is 45.2. The third-order valence-electron chi connectivity index (χ3n) is 8.77. The Morgan fingerprint density at radius 2 is 0.970 bits per heavy atom. The molecule has 0 aliphatic heterocycles. The van der Waals surface area contributed by atoms with Crippen molar-refractivity contribution in [3.05, 3.63) is 157 Å². The SMILES string of the molecule is CC(C)(C#N)c1ccc(C(=O)C2CC2)cc1.CC(C)(C#N)c1ccc(C(=O)CCCCl)cc1.CC(C)(C#N)c1ccccc1.I.ICI.N#CCc1ccccc1.[CH3-].[CH3-].[I][V]([I])[I].[I][V][I]. The summed E-state index contributed by atoms with van der Waals surface area (Å²) in [6.07, 6.45) is 3.76. The van der Waals surface area contributed by atoms with Gasteiger partial charge in [0.15, 0.2) is 11.6 Å². The molecular formula is C49H58ClI8N4O2V2-2. The molecule has 0 N–H and O–H groups in total. The van der Waals surface area contributed by atoms with E-state index in [2.05, 4.69) is 169 Å². The zero-order valence-electron chi connectivity index (χ0n) is 38.4. The molecule has 361 valence electrons. The van der Waals surface area contributed by atoms with Gasteiger partial charge in [-0.3, -0.25) is 9.59 Å². The molecule has 0 radical (unpaired) electrons. The number of rotatable bonds is 10. The van der Waals surface area contributed by atoms with Crippen LogP contribution in [0, 0.1) is 66.1 Å². The van der Waals surface area contributed by atoms with Crippen LogP contribution in [0.3, 0.4) is 0 Å². The van der Waals surface area contributed by atoms with E-state index in [0.717, 1.165) is 40.7 Å². The minimum absolute atomic E-state index is 0. The van der Waals surface area contributed by atoms with Crippen LogP contribution >= 0.6 is 181 Å². The van der Waals surface area contributed by atoms with Crippen molar-refractivity contribution in [3.8, 4) is 24.3 Å². The predicted molar refractivity (Wildman–Crippen MR) is 344 cm³/mol. The van der Waals surface area contributed by atoms with E-state index in [-0.39, 0.29) is 66.6 Å². The van der Waals surface area contributed by atoms with Crippen molar-refractivity contribution in [2.24, 2.45) is 5.92 Å². The van der Waals surface area contributed by atoms with E-state index in [1.165, 1.54) is 2.43 Å². The van der Waals surface area contributed by atoms with Crippen LogP contribution in [0.25, 0.3) is 0 Å². The van der Waals surface area contributed by atoms with Crippen LogP contribution in [0.5, 0.6) is 0 Å². The zero-order valence-corrected chi connectivity index (χ0v) is 59.3. The number of alkyl halides is 3. The summed E-state index contributed by atoms with van der Waals surface area (Å²) in [7, 11) is 0.628. The Labute approximate surface area is 514 Å². The molecule has 4 aromatic rings. The molecule has 66 heavy (non-hydrogen) atoms. The summed E-state index contributed by atoms with van der Waals surface area (Å²) in [5, 5.41) is 35.1. The standard InChI is InChI=1S/C14H16ClNO.C14H15NO.C10H11N.C8H7N.CH2I2.2CH3.6HI.2V/c1-14(2,10-16)12-7-5-11(6-8-12)13(17)4-3-9-15;1-14(2,9-15)12-7-5-11(6-8-12)13(16)10-3-4-10;1-10(2,8-11)9-6-4-3-5-7-9;9-7-6-8-4-2-1-3-5-8;2-1-3;;;;;;;;;;/h5-8H,3-4,9H2,1-2H3;5-8,10H,3-4H2,1-2H3;3-7H,1-2H3;1-5H,6H2;1H2;2*1H3;6*1H;;/q;;;;;2*-1;;;;;;;+2;+3/p-5. The van der Waals surface area contributed by atoms with E-state index < -0.39 is 10.8 Å². The van der Waals surface area contributed by atoms with Gasteiger partial charge >= 0.3 is 114 Å². The molecule has 0 heterocycles. The number of hydrogen-bond donors (Lipinski definition) is 0. The van der Waals surface area contributed by atoms with Gasteiger partial charge in [-0.05, 0) is 83.1 Å². The summed E-state index contributed by atoms with van der Waals surface area (Å²) >= 11 is 22.2. The van der Waals surface area contributed by atoms with Crippen LogP contribution in [0.15, 0.2) is 109 Å². The van der Waals surface area contributed by atoms with E-state index in [9.17, 15) is 9.59 Å². The molecule has 0 unspecified atom stereocenters. The average Bonchev–Trinajstić information content (AvgIpc) is 4.13. The van der Waals surface area contributed by atoms with Gasteiger partial charge in [0, 0.05) is 29.3 Å². The second-order valence-corrected chi connectivity index (χ2v) is 66.7. The Kier molecular flexibility index (Phi) is 52.2. The molecular weight excluding hydrogens is 1830 g/mol. The number of nitrogens with zero attached hydrogens (tertiary/aromatic N) is 4. The summed E-state index contributed by atoms with van der Waals surface area (Å²) in [6.45, 7) is 11.3. The third kappa shape index (κ3) is 36.4. The number of halogens is 9. The molecule has 0 bridgehead atoms. The topological polar surface area (TPSA) is 129 Å². The van der Waals surface area contributed by atoms with Crippen molar-refractivity contribution < 1.29 is 24.0 Å². The maximum absolute atomic E-state index is 11.8. The molecule has 6 nitrogen and oxygen atoms in total. The summed E-state index contributed by atoms with van der Waals surface area (Å²) < 4.78 is 1.19.